The van der Waals surface area contributed by atoms with E-state index in [4.69, 9.17) is 0 Å². The smallest absolute Gasteiger partial charge is 0.292 e. The Kier molecular flexibility index (Phi) is 3.82. The summed E-state index contributed by atoms with van der Waals surface area (Å²) in [6, 6.07) is 0. The molecular weight excluding hydrogens is 235 g/mol. The lowest BCUT2D eigenvalue weighted by molar-refractivity contribution is -0.236. The van der Waals surface area contributed by atoms with Crippen LogP contribution < -0.4 is 0 Å². The summed E-state index contributed by atoms with van der Waals surface area (Å²) in [6.07, 6.45) is 1.19. The maximum Gasteiger partial charge on any atom is 0.498 e. The molecule has 0 saturated carbocycles. The third kappa shape index (κ3) is 2.41. The molecule has 1 rings (SSSR count). The van der Waals surface area contributed by atoms with Crippen LogP contribution >= 0.6 is 6.80 Å². The molecule has 0 amide bonds. The molecule has 14 heavy (non-hydrogen) atoms. The van der Waals surface area contributed by atoms with Gasteiger partial charge >= 0.3 is 16.5 Å². The summed E-state index contributed by atoms with van der Waals surface area (Å²) in [4.78, 5) is 4.28. The van der Waals surface area contributed by atoms with Gasteiger partial charge in [0.2, 0.25) is 0 Å². The van der Waals surface area contributed by atoms with Crippen LogP contribution in [0.5, 0.6) is 0 Å². The van der Waals surface area contributed by atoms with Gasteiger partial charge in [-0.05, 0) is 0 Å². The highest BCUT2D eigenvalue weighted by Crippen LogP contribution is 2.56. The molecule has 82 valence electrons. The van der Waals surface area contributed by atoms with Crippen molar-refractivity contribution in [2.75, 3.05) is 19.8 Å². The summed E-state index contributed by atoms with van der Waals surface area (Å²) in [5.41, 5.74) is 0. The molecule has 0 N–H and O–H groups in total. The zero-order valence-corrected chi connectivity index (χ0v) is 8.83. The van der Waals surface area contributed by atoms with E-state index in [1.807, 2.05) is 0 Å². The van der Waals surface area contributed by atoms with Crippen LogP contribution in [0.15, 0.2) is 12.7 Å². The molecule has 1 unspecified atom stereocenters. The van der Waals surface area contributed by atoms with Crippen molar-refractivity contribution in [2.24, 2.45) is 0 Å². The Hall–Kier alpha value is -0.240. The summed E-state index contributed by atoms with van der Waals surface area (Å²) < 4.78 is 46.7. The van der Waals surface area contributed by atoms with Crippen molar-refractivity contribution in [1.29, 1.82) is 0 Å². The third-order valence-corrected chi connectivity index (χ3v) is 5.40. The topological polar surface area (TPSA) is 88.1 Å². The Morgan fingerprint density at radius 2 is 2.21 bits per heavy atom. The van der Waals surface area contributed by atoms with Crippen molar-refractivity contribution >= 4 is 16.5 Å². The van der Waals surface area contributed by atoms with Crippen molar-refractivity contribution in [3.63, 3.8) is 0 Å². The van der Waals surface area contributed by atoms with Gasteiger partial charge in [0.15, 0.2) is 0 Å². The second-order valence-corrected chi connectivity index (χ2v) is 7.25. The molecule has 1 saturated heterocycles. The van der Waals surface area contributed by atoms with Gasteiger partial charge in [0.05, 0.1) is 13.2 Å². The molecule has 0 spiro atoms. The molecule has 0 aromatic heterocycles. The molecule has 1 aliphatic rings. The molecule has 1 fully saturated rings. The van der Waals surface area contributed by atoms with Gasteiger partial charge in [0.25, 0.3) is 0 Å². The maximum absolute atomic E-state index is 11.4. The molecule has 0 aromatic carbocycles. The monoisotopic (exact) mass is 244 g/mol. The Bertz CT molecular complexity index is 337. The van der Waals surface area contributed by atoms with Gasteiger partial charge in [0.1, 0.15) is 6.61 Å². The van der Waals surface area contributed by atoms with E-state index < -0.39 is 16.5 Å². The predicted octanol–water partition coefficient (Wildman–Crippen LogP) is 0.605. The largest absolute Gasteiger partial charge is 0.498 e. The van der Waals surface area contributed by atoms with Gasteiger partial charge in [-0.1, -0.05) is 6.08 Å². The highest BCUT2D eigenvalue weighted by molar-refractivity contribution is 8.47. The van der Waals surface area contributed by atoms with E-state index >= 15 is 0 Å². The van der Waals surface area contributed by atoms with Gasteiger partial charge in [-0.15, -0.1) is 11.3 Å². The lowest BCUT2D eigenvalue weighted by Crippen LogP contribution is -2.18. The van der Waals surface area contributed by atoms with Crippen molar-refractivity contribution in [3.05, 3.63) is 12.7 Å². The maximum atomic E-state index is 11.4. The lowest BCUT2D eigenvalue weighted by Gasteiger charge is -2.20. The number of rotatable bonds is 4. The summed E-state index contributed by atoms with van der Waals surface area (Å²) in [5.74, 6) is 0. The minimum atomic E-state index is -4.43. The molecule has 0 aliphatic carbocycles. The van der Waals surface area contributed by atoms with E-state index in [-0.39, 0.29) is 19.8 Å². The van der Waals surface area contributed by atoms with Gasteiger partial charge in [-0.25, -0.2) is 9.45 Å². The van der Waals surface area contributed by atoms with E-state index in [1.54, 1.807) is 0 Å². The van der Waals surface area contributed by atoms with E-state index in [2.05, 4.69) is 24.8 Å². The average molecular weight is 244 g/mol. The van der Waals surface area contributed by atoms with Crippen LogP contribution in [0.1, 0.15) is 0 Å². The fraction of sp³-hybridized carbons (Fsp3) is 0.600. The molecule has 0 aromatic rings. The number of hydrogen-bond acceptors (Lipinski definition) is 7. The minimum absolute atomic E-state index is 0.0148. The first-order valence-corrected chi connectivity index (χ1v) is 7.14. The van der Waals surface area contributed by atoms with E-state index in [9.17, 15) is 13.0 Å². The molecule has 7 nitrogen and oxygen atoms in total. The molecule has 9 heteroatoms. The Morgan fingerprint density at radius 3 is 2.71 bits per heavy atom. The van der Waals surface area contributed by atoms with Crippen LogP contribution in [-0.4, -0.2) is 28.2 Å². The molecule has 0 radical (unpaired) electrons. The zero-order chi connectivity index (χ0) is 10.7. The first-order chi connectivity index (χ1) is 6.52. The Balaban J connectivity index is 2.79. The van der Waals surface area contributed by atoms with Crippen molar-refractivity contribution < 1.29 is 31.3 Å². The standard InChI is InChI=1S/C5H9O7PS/c1-2-3-11-14(7,8)13(6)10-5-4-9-12-13/h2H,1,3-5H2. The molecule has 1 heterocycles. The first-order valence-electron chi connectivity index (χ1n) is 3.58. The van der Waals surface area contributed by atoms with Crippen LogP contribution in [0.3, 0.4) is 0 Å². The molecular formula is C5H9O7PS. The fourth-order valence-electron chi connectivity index (χ4n) is 0.607. The van der Waals surface area contributed by atoms with Crippen LogP contribution in [0.2, 0.25) is 0 Å². The Morgan fingerprint density at radius 1 is 1.50 bits per heavy atom. The SMILES string of the molecule is C=CCOS(=O)(=O)P1(=O)OCCOO1. The normalized spacial score (nSPS) is 28.6. The average Bonchev–Trinajstić information content (AvgIpc) is 2.16. The van der Waals surface area contributed by atoms with Crippen molar-refractivity contribution in [2.45, 2.75) is 0 Å². The van der Waals surface area contributed by atoms with Gasteiger partial charge in [0, 0.05) is 0 Å². The second kappa shape index (κ2) is 4.52. The quantitative estimate of drug-likeness (QED) is 0.406. The van der Waals surface area contributed by atoms with E-state index in [0.29, 0.717) is 0 Å². The van der Waals surface area contributed by atoms with Gasteiger partial charge < -0.3 is 0 Å². The Labute approximate surface area is 80.9 Å². The molecule has 1 aliphatic heterocycles. The van der Waals surface area contributed by atoms with Crippen LogP contribution in [0.4, 0.5) is 0 Å². The van der Waals surface area contributed by atoms with Gasteiger partial charge in [-0.3, -0.25) is 8.71 Å². The third-order valence-electron chi connectivity index (χ3n) is 1.17. The van der Waals surface area contributed by atoms with Gasteiger partial charge in [-0.2, -0.15) is 8.42 Å². The lowest BCUT2D eigenvalue weighted by atomic mass is 10.7. The molecule has 0 bridgehead atoms. The summed E-state index contributed by atoms with van der Waals surface area (Å²) in [5, 5.41) is 0. The first kappa shape index (κ1) is 11.8. The highest BCUT2D eigenvalue weighted by atomic mass is 32.8. The summed E-state index contributed by atoms with van der Waals surface area (Å²) >= 11 is 0. The minimum Gasteiger partial charge on any atom is -0.292 e. The summed E-state index contributed by atoms with van der Waals surface area (Å²) in [6.45, 7) is -1.55. The highest BCUT2D eigenvalue weighted by Gasteiger charge is 2.46. The zero-order valence-electron chi connectivity index (χ0n) is 7.12. The van der Waals surface area contributed by atoms with Crippen LogP contribution in [-0.2, 0) is 32.6 Å². The summed E-state index contributed by atoms with van der Waals surface area (Å²) in [7, 11) is -4.43. The van der Waals surface area contributed by atoms with Crippen LogP contribution in [0.25, 0.3) is 0 Å². The van der Waals surface area contributed by atoms with Crippen molar-refractivity contribution in [1.82, 2.24) is 0 Å². The second-order valence-electron chi connectivity index (χ2n) is 2.18. The fourth-order valence-corrected chi connectivity index (χ4v) is 3.29. The van der Waals surface area contributed by atoms with E-state index in [1.165, 1.54) is 6.08 Å². The van der Waals surface area contributed by atoms with Crippen molar-refractivity contribution in [3.8, 4) is 0 Å². The number of hydrogen-bond donors (Lipinski definition) is 0. The molecule has 1 atom stereocenters. The van der Waals surface area contributed by atoms with Crippen LogP contribution in [0, 0.1) is 0 Å². The van der Waals surface area contributed by atoms with E-state index in [0.717, 1.165) is 0 Å². The predicted molar refractivity (Wildman–Crippen MR) is 45.7 cm³/mol.